The molecular formula is C58H43NO2. The highest BCUT2D eigenvalue weighted by Crippen LogP contribution is 2.58. The molecule has 292 valence electrons. The fourth-order valence-electron chi connectivity index (χ4n) is 11.5. The second-order valence-electron chi connectivity index (χ2n) is 18.2. The minimum atomic E-state index is -0.225. The molecule has 3 heteroatoms. The van der Waals surface area contributed by atoms with Crippen molar-refractivity contribution >= 4 is 60.2 Å². The Balaban J connectivity index is 1.20. The predicted molar refractivity (Wildman–Crippen MR) is 254 cm³/mol. The Labute approximate surface area is 355 Å². The van der Waals surface area contributed by atoms with Crippen LogP contribution < -0.4 is 14.4 Å². The van der Waals surface area contributed by atoms with Crippen LogP contribution in [0, 0.1) is 0 Å². The van der Waals surface area contributed by atoms with Crippen LogP contribution in [0.1, 0.15) is 49.9 Å². The highest BCUT2D eigenvalue weighted by Gasteiger charge is 2.39. The Kier molecular flexibility index (Phi) is 6.97. The van der Waals surface area contributed by atoms with Crippen molar-refractivity contribution in [2.75, 3.05) is 18.1 Å². The lowest BCUT2D eigenvalue weighted by Crippen LogP contribution is -2.19. The van der Waals surface area contributed by atoms with Gasteiger partial charge in [0.1, 0.15) is 13.2 Å². The first-order valence-electron chi connectivity index (χ1n) is 21.6. The van der Waals surface area contributed by atoms with Gasteiger partial charge in [-0.2, -0.15) is 0 Å². The fraction of sp³-hybridized carbons (Fsp3) is 0.138. The van der Waals surface area contributed by atoms with E-state index in [0.29, 0.717) is 13.2 Å². The van der Waals surface area contributed by atoms with Crippen LogP contribution in [0.15, 0.2) is 164 Å². The summed E-state index contributed by atoms with van der Waals surface area (Å²) in [6.45, 7) is 10.6. The van der Waals surface area contributed by atoms with Crippen LogP contribution in [-0.2, 0) is 10.8 Å². The van der Waals surface area contributed by atoms with Crippen molar-refractivity contribution < 1.29 is 9.47 Å². The molecule has 10 aromatic rings. The number of hydrogen-bond acceptors (Lipinski definition) is 3. The van der Waals surface area contributed by atoms with Crippen molar-refractivity contribution in [1.29, 1.82) is 0 Å². The van der Waals surface area contributed by atoms with E-state index < -0.39 is 0 Å². The number of rotatable bonds is 4. The van der Waals surface area contributed by atoms with Gasteiger partial charge in [0.05, 0.1) is 11.4 Å². The summed E-state index contributed by atoms with van der Waals surface area (Å²) >= 11 is 0. The second kappa shape index (κ2) is 12.2. The zero-order valence-electron chi connectivity index (χ0n) is 34.8. The third-order valence-corrected chi connectivity index (χ3v) is 14.4. The first-order valence-corrected chi connectivity index (χ1v) is 21.6. The molecule has 0 N–H and O–H groups in total. The van der Waals surface area contributed by atoms with Crippen LogP contribution in [0.2, 0.25) is 0 Å². The molecule has 13 rings (SSSR count). The lowest BCUT2D eigenvalue weighted by molar-refractivity contribution is 0.172. The summed E-state index contributed by atoms with van der Waals surface area (Å²) < 4.78 is 12.8. The molecule has 1 aliphatic heterocycles. The molecule has 0 unspecified atom stereocenters. The lowest BCUT2D eigenvalue weighted by Gasteiger charge is -2.33. The minimum absolute atomic E-state index is 0.183. The van der Waals surface area contributed by atoms with Gasteiger partial charge in [0, 0.05) is 33.0 Å². The Bertz CT molecular complexity index is 3500. The smallest absolute Gasteiger partial charge is 0.169 e. The van der Waals surface area contributed by atoms with Gasteiger partial charge in [0.2, 0.25) is 0 Å². The van der Waals surface area contributed by atoms with Crippen LogP contribution >= 0.6 is 0 Å². The Morgan fingerprint density at radius 1 is 0.393 bits per heavy atom. The minimum Gasteiger partial charge on any atom is -0.486 e. The zero-order valence-corrected chi connectivity index (χ0v) is 34.8. The highest BCUT2D eigenvalue weighted by molar-refractivity contribution is 6.35. The van der Waals surface area contributed by atoms with Crippen molar-refractivity contribution in [3.63, 3.8) is 0 Å². The van der Waals surface area contributed by atoms with Gasteiger partial charge < -0.3 is 14.4 Å². The van der Waals surface area contributed by atoms with Crippen LogP contribution in [0.25, 0.3) is 76.5 Å². The van der Waals surface area contributed by atoms with E-state index in [0.717, 1.165) is 39.7 Å². The molecule has 0 aromatic heterocycles. The largest absolute Gasteiger partial charge is 0.486 e. The SMILES string of the molecule is CC1(C)c2ccccc2-c2ccc(N(c3cc4c(cc3-c3cccc5c3OCCO5)-c3ccccc3C4(C)C)c3ccc4cccc5c6cccc7cccc(c3c45)c76)cc21. The van der Waals surface area contributed by atoms with Crippen molar-refractivity contribution in [3.05, 3.63) is 186 Å². The van der Waals surface area contributed by atoms with Gasteiger partial charge in [0.25, 0.3) is 0 Å². The van der Waals surface area contributed by atoms with E-state index in [9.17, 15) is 0 Å². The molecule has 0 saturated carbocycles. The third kappa shape index (κ3) is 4.64. The molecule has 61 heavy (non-hydrogen) atoms. The van der Waals surface area contributed by atoms with Crippen LogP contribution in [0.4, 0.5) is 17.1 Å². The molecule has 10 aromatic carbocycles. The molecule has 0 radical (unpaired) electrons. The average Bonchev–Trinajstić information content (AvgIpc) is 3.66. The molecule has 0 atom stereocenters. The topological polar surface area (TPSA) is 21.7 Å². The molecule has 3 nitrogen and oxygen atoms in total. The molecule has 0 spiro atoms. The highest BCUT2D eigenvalue weighted by atomic mass is 16.6. The number of benzene rings is 10. The number of ether oxygens (including phenoxy) is 2. The molecule has 1 heterocycles. The van der Waals surface area contributed by atoms with Crippen LogP contribution in [-0.4, -0.2) is 13.2 Å². The molecule has 2 aliphatic carbocycles. The summed E-state index contributed by atoms with van der Waals surface area (Å²) in [4.78, 5) is 2.58. The lowest BCUT2D eigenvalue weighted by atomic mass is 9.81. The van der Waals surface area contributed by atoms with Gasteiger partial charge in [-0.25, -0.2) is 0 Å². The first kappa shape index (κ1) is 34.7. The first-order chi connectivity index (χ1) is 29.8. The maximum atomic E-state index is 6.57. The maximum absolute atomic E-state index is 6.57. The standard InChI is InChI=1S/C58H43NO2/c1-57(2)46-22-7-5-16-37(46)39-27-26-36(31-48(39)57)59(50-28-25-35-15-10-19-41-40-18-9-13-34-14-11-21-43(53(34)40)55(50)54(35)41)51-33-49-44(38-17-6-8-23-47(38)58(49,3)4)32-45(51)42-20-12-24-52-56(42)61-30-29-60-52/h5-28,31-33H,29-30H2,1-4H3. The van der Waals surface area contributed by atoms with E-state index in [1.165, 1.54) is 87.6 Å². The van der Waals surface area contributed by atoms with Gasteiger partial charge >= 0.3 is 0 Å². The fourth-order valence-corrected chi connectivity index (χ4v) is 11.5. The molecule has 0 saturated heterocycles. The predicted octanol–water partition coefficient (Wildman–Crippen LogP) is 15.3. The van der Waals surface area contributed by atoms with Gasteiger partial charge in [0.15, 0.2) is 11.5 Å². The quantitative estimate of drug-likeness (QED) is 0.131. The van der Waals surface area contributed by atoms with Crippen molar-refractivity contribution in [2.24, 2.45) is 0 Å². The van der Waals surface area contributed by atoms with Crippen LogP contribution in [0.5, 0.6) is 11.5 Å². The van der Waals surface area contributed by atoms with Crippen molar-refractivity contribution in [2.45, 2.75) is 38.5 Å². The molecule has 0 fully saturated rings. The number of hydrogen-bond donors (Lipinski definition) is 0. The van der Waals surface area contributed by atoms with E-state index in [2.05, 4.69) is 190 Å². The summed E-state index contributed by atoms with van der Waals surface area (Å²) in [5, 5.41) is 10.2. The zero-order chi connectivity index (χ0) is 40.8. The second-order valence-corrected chi connectivity index (χ2v) is 18.2. The Morgan fingerprint density at radius 3 is 1.74 bits per heavy atom. The number of nitrogens with zero attached hydrogens (tertiary/aromatic N) is 1. The van der Waals surface area contributed by atoms with E-state index in [1.807, 2.05) is 6.07 Å². The van der Waals surface area contributed by atoms with Gasteiger partial charge in [-0.05, 0) is 119 Å². The maximum Gasteiger partial charge on any atom is 0.169 e. The summed E-state index contributed by atoms with van der Waals surface area (Å²) in [7, 11) is 0. The van der Waals surface area contributed by atoms with Crippen LogP contribution in [0.3, 0.4) is 0 Å². The monoisotopic (exact) mass is 785 g/mol. The average molecular weight is 786 g/mol. The molecular weight excluding hydrogens is 743 g/mol. The van der Waals surface area contributed by atoms with E-state index >= 15 is 0 Å². The third-order valence-electron chi connectivity index (χ3n) is 14.4. The van der Waals surface area contributed by atoms with Crippen molar-refractivity contribution in [1.82, 2.24) is 0 Å². The molecule has 3 aliphatic rings. The Morgan fingerprint density at radius 2 is 0.984 bits per heavy atom. The van der Waals surface area contributed by atoms with E-state index in [-0.39, 0.29) is 10.8 Å². The van der Waals surface area contributed by atoms with Gasteiger partial charge in [-0.3, -0.25) is 0 Å². The van der Waals surface area contributed by atoms with E-state index in [4.69, 9.17) is 9.47 Å². The van der Waals surface area contributed by atoms with Gasteiger partial charge in [-0.15, -0.1) is 0 Å². The molecule has 0 bridgehead atoms. The number of para-hydroxylation sites is 1. The summed E-state index contributed by atoms with van der Waals surface area (Å²) in [6, 6.07) is 61.5. The number of anilines is 3. The van der Waals surface area contributed by atoms with E-state index in [1.54, 1.807) is 0 Å². The van der Waals surface area contributed by atoms with Gasteiger partial charge in [-0.1, -0.05) is 155 Å². The van der Waals surface area contributed by atoms with Crippen molar-refractivity contribution in [3.8, 4) is 44.9 Å². The normalized spacial score (nSPS) is 15.3. The summed E-state index contributed by atoms with van der Waals surface area (Å²) in [5.41, 5.74) is 15.6. The summed E-state index contributed by atoms with van der Waals surface area (Å²) in [5.74, 6) is 1.58. The Hall–Kier alpha value is -7.10. The summed E-state index contributed by atoms with van der Waals surface area (Å²) in [6.07, 6.45) is 0. The molecule has 0 amide bonds. The number of fused-ring (bicyclic) bond motifs is 9.